The van der Waals surface area contributed by atoms with Crippen LogP contribution in [0.15, 0.2) is 24.3 Å². The largest absolute Gasteiger partial charge is 0.339 e. The molecule has 0 aliphatic rings. The maximum Gasteiger partial charge on any atom is 0.253 e. The highest BCUT2D eigenvalue weighted by atomic mass is 16.2. The molecule has 0 aromatic heterocycles. The predicted octanol–water partition coefficient (Wildman–Crippen LogP) is 2.87. The summed E-state index contributed by atoms with van der Waals surface area (Å²) in [4.78, 5) is 13.9. The summed E-state index contributed by atoms with van der Waals surface area (Å²) in [5.41, 5.74) is 1.93. The summed E-state index contributed by atoms with van der Waals surface area (Å²) in [7, 11) is 0. The first-order valence-electron chi connectivity index (χ1n) is 5.55. The zero-order valence-corrected chi connectivity index (χ0v) is 9.79. The van der Waals surface area contributed by atoms with E-state index < -0.39 is 0 Å². The third-order valence-electron chi connectivity index (χ3n) is 2.43. The average Bonchev–Trinajstić information content (AvgIpc) is 2.25. The molecule has 0 unspecified atom stereocenters. The molecule has 0 saturated carbocycles. The summed E-state index contributed by atoms with van der Waals surface area (Å²) in [5.74, 6) is 0.142. The van der Waals surface area contributed by atoms with Gasteiger partial charge in [-0.25, -0.2) is 0 Å². The molecule has 2 heteroatoms. The summed E-state index contributed by atoms with van der Waals surface area (Å²) in [6.45, 7) is 7.73. The quantitative estimate of drug-likeness (QED) is 0.740. The maximum absolute atomic E-state index is 12.0. The molecule has 1 amide bonds. The molecule has 0 saturated heterocycles. The second kappa shape index (κ2) is 5.54. The molecule has 1 aromatic rings. The first kappa shape index (κ1) is 11.8. The molecule has 1 aromatic carbocycles. The van der Waals surface area contributed by atoms with Crippen LogP contribution in [0.3, 0.4) is 0 Å². The molecule has 0 heterocycles. The van der Waals surface area contributed by atoms with Crippen molar-refractivity contribution >= 4 is 5.91 Å². The van der Waals surface area contributed by atoms with Crippen LogP contribution in [0.25, 0.3) is 0 Å². The summed E-state index contributed by atoms with van der Waals surface area (Å²) >= 11 is 0. The Morgan fingerprint density at radius 2 is 2.07 bits per heavy atom. The SMILES string of the molecule is CCCN(CC)C(=O)c1cccc(C)c1. The van der Waals surface area contributed by atoms with Gasteiger partial charge >= 0.3 is 0 Å². The van der Waals surface area contributed by atoms with E-state index in [1.807, 2.05) is 43.0 Å². The van der Waals surface area contributed by atoms with Crippen LogP contribution < -0.4 is 0 Å². The van der Waals surface area contributed by atoms with E-state index in [2.05, 4.69) is 6.92 Å². The smallest absolute Gasteiger partial charge is 0.253 e. The number of carbonyl (C=O) groups excluding carboxylic acids is 1. The minimum absolute atomic E-state index is 0.142. The number of carbonyl (C=O) groups is 1. The first-order valence-corrected chi connectivity index (χ1v) is 5.55. The Hall–Kier alpha value is -1.31. The van der Waals surface area contributed by atoms with Crippen LogP contribution in [0.1, 0.15) is 36.2 Å². The van der Waals surface area contributed by atoms with Gasteiger partial charge in [0.1, 0.15) is 0 Å². The molecule has 0 atom stereocenters. The van der Waals surface area contributed by atoms with Crippen molar-refractivity contribution < 1.29 is 4.79 Å². The van der Waals surface area contributed by atoms with Crippen molar-refractivity contribution in [3.8, 4) is 0 Å². The fourth-order valence-electron chi connectivity index (χ4n) is 1.63. The number of hydrogen-bond donors (Lipinski definition) is 0. The van der Waals surface area contributed by atoms with Crippen molar-refractivity contribution in [2.24, 2.45) is 0 Å². The highest BCUT2D eigenvalue weighted by Gasteiger charge is 2.12. The Balaban J connectivity index is 2.82. The lowest BCUT2D eigenvalue weighted by atomic mass is 10.1. The molecular formula is C13H19NO. The number of benzene rings is 1. The summed E-state index contributed by atoms with van der Waals surface area (Å²) in [5, 5.41) is 0. The van der Waals surface area contributed by atoms with Crippen molar-refractivity contribution in [3.63, 3.8) is 0 Å². The average molecular weight is 205 g/mol. The van der Waals surface area contributed by atoms with Gasteiger partial charge in [0.25, 0.3) is 5.91 Å². The van der Waals surface area contributed by atoms with Gasteiger partial charge in [0, 0.05) is 18.7 Å². The van der Waals surface area contributed by atoms with Crippen LogP contribution in [0.4, 0.5) is 0 Å². The van der Waals surface area contributed by atoms with Gasteiger partial charge in [0.15, 0.2) is 0 Å². The molecule has 15 heavy (non-hydrogen) atoms. The lowest BCUT2D eigenvalue weighted by Gasteiger charge is -2.20. The van der Waals surface area contributed by atoms with Crippen LogP contribution >= 0.6 is 0 Å². The maximum atomic E-state index is 12.0. The highest BCUT2D eigenvalue weighted by molar-refractivity contribution is 5.94. The Morgan fingerprint density at radius 1 is 1.33 bits per heavy atom. The van der Waals surface area contributed by atoms with Crippen LogP contribution in [0, 0.1) is 6.92 Å². The van der Waals surface area contributed by atoms with Crippen LogP contribution in [-0.4, -0.2) is 23.9 Å². The number of nitrogens with zero attached hydrogens (tertiary/aromatic N) is 1. The summed E-state index contributed by atoms with van der Waals surface area (Å²) in [6.07, 6.45) is 1.01. The fraction of sp³-hybridized carbons (Fsp3) is 0.462. The third kappa shape index (κ3) is 3.08. The molecule has 2 nitrogen and oxygen atoms in total. The number of aryl methyl sites for hydroxylation is 1. The van der Waals surface area contributed by atoms with Gasteiger partial charge in [-0.2, -0.15) is 0 Å². The zero-order valence-electron chi connectivity index (χ0n) is 9.79. The number of hydrogen-bond acceptors (Lipinski definition) is 1. The minimum Gasteiger partial charge on any atom is -0.339 e. The molecule has 0 N–H and O–H groups in total. The standard InChI is InChI=1S/C13H19NO/c1-4-9-14(5-2)13(15)12-8-6-7-11(3)10-12/h6-8,10H,4-5,9H2,1-3H3. The zero-order chi connectivity index (χ0) is 11.3. The molecule has 0 aliphatic heterocycles. The van der Waals surface area contributed by atoms with E-state index >= 15 is 0 Å². The Bertz CT molecular complexity index is 333. The van der Waals surface area contributed by atoms with Crippen molar-refractivity contribution in [2.75, 3.05) is 13.1 Å². The second-order valence-corrected chi connectivity index (χ2v) is 3.75. The molecule has 0 bridgehead atoms. The summed E-state index contributed by atoms with van der Waals surface area (Å²) < 4.78 is 0. The molecule has 0 spiro atoms. The van der Waals surface area contributed by atoms with Gasteiger partial charge in [0.2, 0.25) is 0 Å². The first-order chi connectivity index (χ1) is 7.19. The normalized spacial score (nSPS) is 10.1. The van der Waals surface area contributed by atoms with Crippen LogP contribution in [-0.2, 0) is 0 Å². The molecule has 0 aliphatic carbocycles. The van der Waals surface area contributed by atoms with Crippen molar-refractivity contribution in [3.05, 3.63) is 35.4 Å². The van der Waals surface area contributed by atoms with Gasteiger partial charge < -0.3 is 4.90 Å². The van der Waals surface area contributed by atoms with Crippen molar-refractivity contribution in [1.29, 1.82) is 0 Å². The van der Waals surface area contributed by atoms with Gasteiger partial charge in [0.05, 0.1) is 0 Å². The Kier molecular flexibility index (Phi) is 4.35. The minimum atomic E-state index is 0.142. The van der Waals surface area contributed by atoms with E-state index in [-0.39, 0.29) is 5.91 Å². The lowest BCUT2D eigenvalue weighted by Crippen LogP contribution is -2.31. The van der Waals surface area contributed by atoms with Gasteiger partial charge in [-0.05, 0) is 32.4 Å². The molecular weight excluding hydrogens is 186 g/mol. The van der Waals surface area contributed by atoms with E-state index in [0.717, 1.165) is 30.6 Å². The number of amides is 1. The Labute approximate surface area is 91.9 Å². The van der Waals surface area contributed by atoms with E-state index in [0.29, 0.717) is 0 Å². The summed E-state index contributed by atoms with van der Waals surface area (Å²) in [6, 6.07) is 7.77. The fourth-order valence-corrected chi connectivity index (χ4v) is 1.63. The van der Waals surface area contributed by atoms with Crippen LogP contribution in [0.2, 0.25) is 0 Å². The van der Waals surface area contributed by atoms with Crippen LogP contribution in [0.5, 0.6) is 0 Å². The Morgan fingerprint density at radius 3 is 2.60 bits per heavy atom. The van der Waals surface area contributed by atoms with E-state index in [1.165, 1.54) is 0 Å². The number of rotatable bonds is 4. The highest BCUT2D eigenvalue weighted by Crippen LogP contribution is 2.08. The topological polar surface area (TPSA) is 20.3 Å². The van der Waals surface area contributed by atoms with E-state index in [4.69, 9.17) is 0 Å². The molecule has 0 fully saturated rings. The van der Waals surface area contributed by atoms with Gasteiger partial charge in [-0.1, -0.05) is 24.6 Å². The lowest BCUT2D eigenvalue weighted by molar-refractivity contribution is 0.0764. The van der Waals surface area contributed by atoms with Gasteiger partial charge in [-0.15, -0.1) is 0 Å². The molecule has 0 radical (unpaired) electrons. The monoisotopic (exact) mass is 205 g/mol. The second-order valence-electron chi connectivity index (χ2n) is 3.75. The van der Waals surface area contributed by atoms with Gasteiger partial charge in [-0.3, -0.25) is 4.79 Å². The van der Waals surface area contributed by atoms with E-state index in [1.54, 1.807) is 0 Å². The van der Waals surface area contributed by atoms with Crippen molar-refractivity contribution in [1.82, 2.24) is 4.90 Å². The van der Waals surface area contributed by atoms with E-state index in [9.17, 15) is 4.79 Å². The third-order valence-corrected chi connectivity index (χ3v) is 2.43. The molecule has 82 valence electrons. The van der Waals surface area contributed by atoms with Crippen molar-refractivity contribution in [2.45, 2.75) is 27.2 Å². The molecule has 1 rings (SSSR count). The predicted molar refractivity (Wildman–Crippen MR) is 63.0 cm³/mol.